The van der Waals surface area contributed by atoms with Crippen molar-refractivity contribution in [2.24, 2.45) is 5.73 Å². The molecule has 1 aromatic heterocycles. The number of rotatable bonds is 3. The number of nitrogens with zero attached hydrogens (tertiary/aromatic N) is 2. The molecule has 2 rings (SSSR count). The lowest BCUT2D eigenvalue weighted by molar-refractivity contribution is -0.137. The van der Waals surface area contributed by atoms with Gasteiger partial charge in [0.25, 0.3) is 0 Å². The van der Waals surface area contributed by atoms with Crippen LogP contribution in [0.15, 0.2) is 30.5 Å². The normalized spacial score (nSPS) is 12.2. The minimum absolute atomic E-state index is 0.0495. The van der Waals surface area contributed by atoms with Gasteiger partial charge in [-0.05, 0) is 19.9 Å². The Morgan fingerprint density at radius 2 is 1.90 bits per heavy atom. The van der Waals surface area contributed by atoms with Crippen molar-refractivity contribution >= 4 is 0 Å². The van der Waals surface area contributed by atoms with Gasteiger partial charge in [0, 0.05) is 23.7 Å². The number of benzene rings is 1. The lowest BCUT2D eigenvalue weighted by atomic mass is 10.0. The molecule has 0 unspecified atom stereocenters. The molecule has 6 heteroatoms. The highest BCUT2D eigenvalue weighted by atomic mass is 19.4. The number of nitrogens with two attached hydrogens (primary N) is 1. The standard InChI is InChI=1S/C14H16F3N3/c1-9(2)20-13(10(7-18)8-19-20)11-5-3-4-6-12(11)14(15,16)17/h3-6,8-9H,7,18H2,1-2H3. The number of hydrogen-bond acceptors (Lipinski definition) is 2. The molecule has 0 saturated carbocycles. The van der Waals surface area contributed by atoms with Gasteiger partial charge in [0.15, 0.2) is 0 Å². The third-order valence-electron chi connectivity index (χ3n) is 3.07. The molecule has 0 fully saturated rings. The van der Waals surface area contributed by atoms with Gasteiger partial charge in [0.1, 0.15) is 0 Å². The second-order valence-electron chi connectivity index (χ2n) is 4.80. The summed E-state index contributed by atoms with van der Waals surface area (Å²) in [7, 11) is 0. The van der Waals surface area contributed by atoms with Crippen molar-refractivity contribution in [2.45, 2.75) is 32.6 Å². The summed E-state index contributed by atoms with van der Waals surface area (Å²) in [4.78, 5) is 0. The minimum atomic E-state index is -4.41. The van der Waals surface area contributed by atoms with Crippen LogP contribution in [-0.2, 0) is 12.7 Å². The number of aromatic nitrogens is 2. The van der Waals surface area contributed by atoms with Gasteiger partial charge in [-0.2, -0.15) is 18.3 Å². The Kier molecular flexibility index (Phi) is 3.85. The summed E-state index contributed by atoms with van der Waals surface area (Å²) in [5, 5.41) is 4.16. The summed E-state index contributed by atoms with van der Waals surface area (Å²) >= 11 is 0. The molecule has 0 amide bonds. The van der Waals surface area contributed by atoms with E-state index >= 15 is 0 Å². The van der Waals surface area contributed by atoms with Crippen LogP contribution >= 0.6 is 0 Å². The van der Waals surface area contributed by atoms with Crippen LogP contribution in [0.1, 0.15) is 31.0 Å². The molecule has 3 nitrogen and oxygen atoms in total. The molecule has 0 bridgehead atoms. The van der Waals surface area contributed by atoms with E-state index in [1.165, 1.54) is 18.3 Å². The summed E-state index contributed by atoms with van der Waals surface area (Å²) in [6.07, 6.45) is -2.88. The van der Waals surface area contributed by atoms with E-state index in [0.29, 0.717) is 11.3 Å². The summed E-state index contributed by atoms with van der Waals surface area (Å²) in [5.41, 5.74) is 6.12. The van der Waals surface area contributed by atoms with E-state index in [9.17, 15) is 13.2 Å². The number of hydrogen-bond donors (Lipinski definition) is 1. The van der Waals surface area contributed by atoms with Crippen molar-refractivity contribution in [3.63, 3.8) is 0 Å². The van der Waals surface area contributed by atoms with Gasteiger partial charge in [0.05, 0.1) is 17.5 Å². The highest BCUT2D eigenvalue weighted by Crippen LogP contribution is 2.38. The van der Waals surface area contributed by atoms with Crippen LogP contribution in [0.2, 0.25) is 0 Å². The lowest BCUT2D eigenvalue weighted by Gasteiger charge is -2.17. The summed E-state index contributed by atoms with van der Waals surface area (Å²) in [5.74, 6) is 0. The zero-order chi connectivity index (χ0) is 14.9. The molecular formula is C14H16F3N3. The fraction of sp³-hybridized carbons (Fsp3) is 0.357. The predicted octanol–water partition coefficient (Wildman–Crippen LogP) is 3.61. The van der Waals surface area contributed by atoms with Gasteiger partial charge in [-0.25, -0.2) is 0 Å². The maximum atomic E-state index is 13.1. The largest absolute Gasteiger partial charge is 0.417 e. The fourth-order valence-corrected chi connectivity index (χ4v) is 2.17. The van der Waals surface area contributed by atoms with Gasteiger partial charge >= 0.3 is 6.18 Å². The Labute approximate surface area is 115 Å². The van der Waals surface area contributed by atoms with Crippen LogP contribution in [0.3, 0.4) is 0 Å². The molecule has 20 heavy (non-hydrogen) atoms. The van der Waals surface area contributed by atoms with Crippen molar-refractivity contribution < 1.29 is 13.2 Å². The first-order chi connectivity index (χ1) is 9.36. The van der Waals surface area contributed by atoms with Crippen LogP contribution < -0.4 is 5.73 Å². The van der Waals surface area contributed by atoms with Crippen molar-refractivity contribution in [1.29, 1.82) is 0 Å². The topological polar surface area (TPSA) is 43.8 Å². The minimum Gasteiger partial charge on any atom is -0.326 e. The predicted molar refractivity (Wildman–Crippen MR) is 70.9 cm³/mol. The maximum absolute atomic E-state index is 13.1. The molecular weight excluding hydrogens is 267 g/mol. The van der Waals surface area contributed by atoms with E-state index < -0.39 is 11.7 Å². The Balaban J connectivity index is 2.72. The molecule has 0 radical (unpaired) electrons. The molecule has 1 heterocycles. The average molecular weight is 283 g/mol. The summed E-state index contributed by atoms with van der Waals surface area (Å²) < 4.78 is 41.0. The lowest BCUT2D eigenvalue weighted by Crippen LogP contribution is -2.12. The number of halogens is 3. The van der Waals surface area contributed by atoms with Gasteiger partial charge in [-0.3, -0.25) is 4.68 Å². The molecule has 0 aliphatic heterocycles. The van der Waals surface area contributed by atoms with E-state index in [-0.39, 0.29) is 18.2 Å². The molecule has 0 aliphatic rings. The van der Waals surface area contributed by atoms with Gasteiger partial charge in [-0.15, -0.1) is 0 Å². The second-order valence-corrected chi connectivity index (χ2v) is 4.80. The van der Waals surface area contributed by atoms with Crippen molar-refractivity contribution in [3.05, 3.63) is 41.6 Å². The molecule has 0 spiro atoms. The van der Waals surface area contributed by atoms with Crippen molar-refractivity contribution in [1.82, 2.24) is 9.78 Å². The maximum Gasteiger partial charge on any atom is 0.417 e. The van der Waals surface area contributed by atoms with Gasteiger partial charge in [0.2, 0.25) is 0 Å². The molecule has 2 aromatic rings. The molecule has 108 valence electrons. The molecule has 0 aliphatic carbocycles. The Morgan fingerprint density at radius 3 is 2.45 bits per heavy atom. The first-order valence-electron chi connectivity index (χ1n) is 6.29. The van der Waals surface area contributed by atoms with E-state index in [0.717, 1.165) is 6.07 Å². The third kappa shape index (κ3) is 2.56. The summed E-state index contributed by atoms with van der Waals surface area (Å²) in [6, 6.07) is 5.45. The molecule has 0 atom stereocenters. The van der Waals surface area contributed by atoms with Crippen molar-refractivity contribution in [2.75, 3.05) is 0 Å². The summed E-state index contributed by atoms with van der Waals surface area (Å²) in [6.45, 7) is 3.88. The first kappa shape index (κ1) is 14.6. The quantitative estimate of drug-likeness (QED) is 0.935. The average Bonchev–Trinajstić information content (AvgIpc) is 2.81. The Morgan fingerprint density at radius 1 is 1.25 bits per heavy atom. The molecule has 2 N–H and O–H groups in total. The van der Waals surface area contributed by atoms with E-state index in [4.69, 9.17) is 5.73 Å². The smallest absolute Gasteiger partial charge is 0.326 e. The zero-order valence-electron chi connectivity index (χ0n) is 11.3. The zero-order valence-corrected chi connectivity index (χ0v) is 11.3. The highest BCUT2D eigenvalue weighted by Gasteiger charge is 2.34. The van der Waals surface area contributed by atoms with Crippen LogP contribution in [-0.4, -0.2) is 9.78 Å². The highest BCUT2D eigenvalue weighted by molar-refractivity contribution is 5.68. The first-order valence-corrected chi connectivity index (χ1v) is 6.29. The van der Waals surface area contributed by atoms with E-state index in [1.54, 1.807) is 10.7 Å². The van der Waals surface area contributed by atoms with E-state index in [1.807, 2.05) is 13.8 Å². The molecule has 0 saturated heterocycles. The van der Waals surface area contributed by atoms with E-state index in [2.05, 4.69) is 5.10 Å². The second kappa shape index (κ2) is 5.28. The van der Waals surface area contributed by atoms with Crippen LogP contribution in [0.5, 0.6) is 0 Å². The number of alkyl halides is 3. The van der Waals surface area contributed by atoms with Crippen LogP contribution in [0.4, 0.5) is 13.2 Å². The van der Waals surface area contributed by atoms with Crippen LogP contribution in [0, 0.1) is 0 Å². The monoisotopic (exact) mass is 283 g/mol. The van der Waals surface area contributed by atoms with Gasteiger partial charge < -0.3 is 5.73 Å². The molecule has 1 aromatic carbocycles. The van der Waals surface area contributed by atoms with Crippen molar-refractivity contribution in [3.8, 4) is 11.3 Å². The fourth-order valence-electron chi connectivity index (χ4n) is 2.17. The van der Waals surface area contributed by atoms with Crippen LogP contribution in [0.25, 0.3) is 11.3 Å². The SMILES string of the molecule is CC(C)n1ncc(CN)c1-c1ccccc1C(F)(F)F. The third-order valence-corrected chi connectivity index (χ3v) is 3.07. The Hall–Kier alpha value is -1.82. The Bertz CT molecular complexity index is 600. The van der Waals surface area contributed by atoms with Gasteiger partial charge in [-0.1, -0.05) is 18.2 Å².